The average Bonchev–Trinajstić information content (AvgIpc) is 2.29. The van der Waals surface area contributed by atoms with Crippen LogP contribution in [-0.4, -0.2) is 51.9 Å². The highest BCUT2D eigenvalue weighted by Crippen LogP contribution is 2.14. The Labute approximate surface area is 77.1 Å². The first-order valence-electron chi connectivity index (χ1n) is 4.27. The third-order valence-electron chi connectivity index (χ3n) is 2.10. The highest BCUT2D eigenvalue weighted by atomic mass is 16.3. The Morgan fingerprint density at radius 3 is 2.08 bits per heavy atom. The van der Waals surface area contributed by atoms with E-state index in [2.05, 4.69) is 0 Å². The van der Waals surface area contributed by atoms with E-state index in [0.29, 0.717) is 0 Å². The fraction of sp³-hybridized carbons (Fsp3) is 0.875. The number of nitrogens with zero attached hydrogens (tertiary/aromatic N) is 1. The van der Waals surface area contributed by atoms with Crippen molar-refractivity contribution in [2.45, 2.75) is 31.6 Å². The number of nitrogens with two attached hydrogens (primary N) is 1. The number of likely N-dealkylation sites (tertiary alicyclic amines) is 1. The van der Waals surface area contributed by atoms with Crippen LogP contribution >= 0.6 is 0 Å². The summed E-state index contributed by atoms with van der Waals surface area (Å²) in [5.41, 5.74) is 4.65. The largest absolute Gasteiger partial charge is 0.388 e. The lowest BCUT2D eigenvalue weighted by atomic mass is 10.1. The summed E-state index contributed by atoms with van der Waals surface area (Å²) < 4.78 is 0. The van der Waals surface area contributed by atoms with Gasteiger partial charge in [0, 0.05) is 13.1 Å². The molecule has 13 heavy (non-hydrogen) atoms. The Kier molecular flexibility index (Phi) is 2.61. The molecule has 2 atom stereocenters. The summed E-state index contributed by atoms with van der Waals surface area (Å²) in [6, 6.07) is 0. The number of aliphatic hydroxyl groups is 2. The van der Waals surface area contributed by atoms with Gasteiger partial charge in [-0.15, -0.1) is 0 Å². The molecule has 0 bridgehead atoms. The Bertz CT molecular complexity index is 202. The van der Waals surface area contributed by atoms with E-state index in [0.717, 1.165) is 0 Å². The second-order valence-electron chi connectivity index (χ2n) is 4.07. The molecule has 1 aliphatic rings. The zero-order chi connectivity index (χ0) is 10.2. The molecule has 1 aliphatic heterocycles. The average molecular weight is 188 g/mol. The standard InChI is InChI=1S/C8H16N2O3/c1-8(2,9)7(13)10-3-5(11)6(12)4-10/h5-6,11-12H,3-4,9H2,1-2H3/t5-,6+. The van der Waals surface area contributed by atoms with Gasteiger partial charge >= 0.3 is 0 Å². The predicted molar refractivity (Wildman–Crippen MR) is 46.9 cm³/mol. The van der Waals surface area contributed by atoms with Crippen molar-refractivity contribution in [2.24, 2.45) is 5.73 Å². The quantitative estimate of drug-likeness (QED) is 0.457. The normalized spacial score (nSPS) is 29.5. The van der Waals surface area contributed by atoms with Crippen molar-refractivity contribution in [3.8, 4) is 0 Å². The van der Waals surface area contributed by atoms with Crippen LogP contribution in [0.4, 0.5) is 0 Å². The maximum absolute atomic E-state index is 11.5. The fourth-order valence-electron chi connectivity index (χ4n) is 1.34. The molecule has 0 saturated carbocycles. The first kappa shape index (κ1) is 10.4. The van der Waals surface area contributed by atoms with Crippen LogP contribution in [0.2, 0.25) is 0 Å². The lowest BCUT2D eigenvalue weighted by molar-refractivity contribution is -0.135. The number of amides is 1. The van der Waals surface area contributed by atoms with E-state index in [4.69, 9.17) is 5.73 Å². The van der Waals surface area contributed by atoms with Crippen LogP contribution in [0.15, 0.2) is 0 Å². The summed E-state index contributed by atoms with van der Waals surface area (Å²) in [6.07, 6.45) is -1.68. The van der Waals surface area contributed by atoms with Gasteiger partial charge in [-0.25, -0.2) is 0 Å². The topological polar surface area (TPSA) is 86.8 Å². The van der Waals surface area contributed by atoms with Crippen LogP contribution in [-0.2, 0) is 4.79 Å². The van der Waals surface area contributed by atoms with Crippen molar-refractivity contribution in [3.05, 3.63) is 0 Å². The van der Waals surface area contributed by atoms with Crippen molar-refractivity contribution < 1.29 is 15.0 Å². The minimum atomic E-state index is -0.941. The molecule has 1 amide bonds. The highest BCUT2D eigenvalue weighted by molar-refractivity contribution is 5.85. The van der Waals surface area contributed by atoms with E-state index in [1.165, 1.54) is 4.90 Å². The van der Waals surface area contributed by atoms with Crippen LogP contribution in [0, 0.1) is 0 Å². The summed E-state index contributed by atoms with van der Waals surface area (Å²) in [7, 11) is 0. The van der Waals surface area contributed by atoms with E-state index >= 15 is 0 Å². The van der Waals surface area contributed by atoms with E-state index in [1.807, 2.05) is 0 Å². The Balaban J connectivity index is 2.61. The number of carbonyl (C=O) groups excluding carboxylic acids is 1. The second-order valence-corrected chi connectivity index (χ2v) is 4.07. The Morgan fingerprint density at radius 2 is 1.77 bits per heavy atom. The summed E-state index contributed by atoms with van der Waals surface area (Å²) in [4.78, 5) is 12.9. The van der Waals surface area contributed by atoms with Gasteiger partial charge in [0.05, 0.1) is 17.7 Å². The lowest BCUT2D eigenvalue weighted by Gasteiger charge is -2.24. The Hall–Kier alpha value is -0.650. The van der Waals surface area contributed by atoms with Gasteiger partial charge in [-0.1, -0.05) is 0 Å². The van der Waals surface area contributed by atoms with Crippen molar-refractivity contribution in [3.63, 3.8) is 0 Å². The molecule has 0 radical (unpaired) electrons. The monoisotopic (exact) mass is 188 g/mol. The number of rotatable bonds is 1. The van der Waals surface area contributed by atoms with Gasteiger partial charge in [-0.2, -0.15) is 0 Å². The molecule has 0 aliphatic carbocycles. The molecule has 1 saturated heterocycles. The van der Waals surface area contributed by atoms with Crippen LogP contribution in [0.5, 0.6) is 0 Å². The van der Waals surface area contributed by atoms with E-state index in [9.17, 15) is 15.0 Å². The molecule has 1 heterocycles. The highest BCUT2D eigenvalue weighted by Gasteiger charge is 2.37. The molecular formula is C8H16N2O3. The summed E-state index contributed by atoms with van der Waals surface area (Å²) >= 11 is 0. The number of aliphatic hydroxyl groups excluding tert-OH is 2. The van der Waals surface area contributed by atoms with E-state index < -0.39 is 17.7 Å². The first-order chi connectivity index (χ1) is 5.82. The van der Waals surface area contributed by atoms with Gasteiger partial charge in [0.15, 0.2) is 0 Å². The minimum Gasteiger partial charge on any atom is -0.388 e. The molecule has 1 rings (SSSR count). The molecule has 0 unspecified atom stereocenters. The third-order valence-corrected chi connectivity index (χ3v) is 2.10. The van der Waals surface area contributed by atoms with Crippen molar-refractivity contribution in [1.82, 2.24) is 4.90 Å². The van der Waals surface area contributed by atoms with Crippen molar-refractivity contribution in [1.29, 1.82) is 0 Å². The summed E-state index contributed by atoms with van der Waals surface area (Å²) in [6.45, 7) is 3.54. The molecule has 0 spiro atoms. The number of β-amino-alcohol motifs (C(OH)–C–C–N with tert-alkyl or cyclic N) is 2. The van der Waals surface area contributed by atoms with Gasteiger partial charge in [0.2, 0.25) is 5.91 Å². The number of carbonyl (C=O) groups is 1. The van der Waals surface area contributed by atoms with Crippen LogP contribution in [0.1, 0.15) is 13.8 Å². The summed E-state index contributed by atoms with van der Waals surface area (Å²) in [5.74, 6) is -0.247. The van der Waals surface area contributed by atoms with Gasteiger partial charge in [0.1, 0.15) is 0 Å². The molecule has 1 fully saturated rings. The predicted octanol–water partition coefficient (Wildman–Crippen LogP) is -1.71. The van der Waals surface area contributed by atoms with Gasteiger partial charge in [-0.3, -0.25) is 4.79 Å². The zero-order valence-corrected chi connectivity index (χ0v) is 7.90. The van der Waals surface area contributed by atoms with Gasteiger partial charge in [0.25, 0.3) is 0 Å². The first-order valence-corrected chi connectivity index (χ1v) is 4.27. The number of hydrogen-bond donors (Lipinski definition) is 3. The molecule has 76 valence electrons. The number of hydrogen-bond acceptors (Lipinski definition) is 4. The lowest BCUT2D eigenvalue weighted by Crippen LogP contribution is -2.50. The molecule has 0 aromatic carbocycles. The maximum Gasteiger partial charge on any atom is 0.242 e. The molecule has 5 heteroatoms. The van der Waals surface area contributed by atoms with Crippen LogP contribution in [0.25, 0.3) is 0 Å². The molecule has 5 nitrogen and oxygen atoms in total. The molecule has 0 aromatic rings. The van der Waals surface area contributed by atoms with Gasteiger partial charge < -0.3 is 20.8 Å². The second kappa shape index (κ2) is 3.25. The third kappa shape index (κ3) is 2.18. The van der Waals surface area contributed by atoms with Crippen molar-refractivity contribution in [2.75, 3.05) is 13.1 Å². The molecular weight excluding hydrogens is 172 g/mol. The van der Waals surface area contributed by atoms with Crippen molar-refractivity contribution >= 4 is 5.91 Å². The smallest absolute Gasteiger partial charge is 0.242 e. The molecule has 4 N–H and O–H groups in total. The van der Waals surface area contributed by atoms with E-state index in [-0.39, 0.29) is 19.0 Å². The maximum atomic E-state index is 11.5. The molecule has 0 aromatic heterocycles. The van der Waals surface area contributed by atoms with Crippen LogP contribution < -0.4 is 5.73 Å². The van der Waals surface area contributed by atoms with E-state index in [1.54, 1.807) is 13.8 Å². The fourth-order valence-corrected chi connectivity index (χ4v) is 1.34. The van der Waals surface area contributed by atoms with Crippen LogP contribution in [0.3, 0.4) is 0 Å². The van der Waals surface area contributed by atoms with Gasteiger partial charge in [-0.05, 0) is 13.8 Å². The zero-order valence-electron chi connectivity index (χ0n) is 7.90. The SMILES string of the molecule is CC(C)(N)C(=O)N1C[C@@H](O)[C@@H](O)C1. The minimum absolute atomic E-state index is 0.167. The summed E-state index contributed by atoms with van der Waals surface area (Å²) in [5, 5.41) is 18.4. The Morgan fingerprint density at radius 1 is 1.38 bits per heavy atom.